The zero-order chi connectivity index (χ0) is 16.5. The van der Waals surface area contributed by atoms with E-state index in [1.807, 2.05) is 0 Å². The summed E-state index contributed by atoms with van der Waals surface area (Å²) in [6.07, 6.45) is -1.01. The number of hydrogen-bond acceptors (Lipinski definition) is 6. The molecule has 9 nitrogen and oxygen atoms in total. The minimum absolute atomic E-state index is 0.108. The van der Waals surface area contributed by atoms with Crippen LogP contribution < -0.4 is 16.0 Å². The standard InChI is InChI=1S/C11H16BrN3O6S/c1-6-4-15(11(18)14-10(6)17)9-2-7(16)8(21-9)3-13-22(19,20)5-12/h4,7-9,13,16H,2-3,5H2,1H3,(H,14,17,18)/t7-,8+,9+/m0/s1. The molecule has 0 saturated carbocycles. The topological polar surface area (TPSA) is 130 Å². The fourth-order valence-electron chi connectivity index (χ4n) is 2.12. The van der Waals surface area contributed by atoms with Gasteiger partial charge < -0.3 is 9.84 Å². The summed E-state index contributed by atoms with van der Waals surface area (Å²) in [6, 6.07) is 0. The van der Waals surface area contributed by atoms with E-state index in [2.05, 4.69) is 25.6 Å². The third-order valence-corrected chi connectivity index (χ3v) is 6.01. The smallest absolute Gasteiger partial charge is 0.330 e. The first-order valence-corrected chi connectivity index (χ1v) is 9.20. The average molecular weight is 398 g/mol. The van der Waals surface area contributed by atoms with Crippen molar-refractivity contribution < 1.29 is 18.3 Å². The molecule has 0 bridgehead atoms. The summed E-state index contributed by atoms with van der Waals surface area (Å²) in [7, 11) is -3.47. The molecule has 1 fully saturated rings. The predicted octanol–water partition coefficient (Wildman–Crippen LogP) is -1.23. The summed E-state index contributed by atoms with van der Waals surface area (Å²) in [5.41, 5.74) is -0.794. The van der Waals surface area contributed by atoms with E-state index in [9.17, 15) is 23.1 Å². The molecule has 0 radical (unpaired) electrons. The van der Waals surface area contributed by atoms with Crippen molar-refractivity contribution >= 4 is 26.0 Å². The van der Waals surface area contributed by atoms with Crippen LogP contribution in [0.1, 0.15) is 18.2 Å². The van der Waals surface area contributed by atoms with E-state index in [1.165, 1.54) is 10.8 Å². The molecule has 0 aliphatic carbocycles. The highest BCUT2D eigenvalue weighted by molar-refractivity contribution is 9.10. The number of H-pyrrole nitrogens is 1. The van der Waals surface area contributed by atoms with Crippen molar-refractivity contribution in [2.45, 2.75) is 31.8 Å². The fourth-order valence-corrected chi connectivity index (χ4v) is 3.10. The van der Waals surface area contributed by atoms with E-state index >= 15 is 0 Å². The van der Waals surface area contributed by atoms with Gasteiger partial charge in [-0.1, -0.05) is 15.9 Å². The van der Waals surface area contributed by atoms with Crippen LogP contribution in [0.25, 0.3) is 0 Å². The third-order valence-electron chi connectivity index (χ3n) is 3.31. The van der Waals surface area contributed by atoms with E-state index in [1.54, 1.807) is 6.92 Å². The number of aromatic nitrogens is 2. The first-order chi connectivity index (χ1) is 10.2. The molecule has 1 saturated heterocycles. The number of rotatable bonds is 5. The molecule has 1 aliphatic heterocycles. The maximum absolute atomic E-state index is 11.8. The molecule has 3 atom stereocenters. The van der Waals surface area contributed by atoms with Gasteiger partial charge in [-0.25, -0.2) is 17.9 Å². The van der Waals surface area contributed by atoms with Crippen molar-refractivity contribution in [3.05, 3.63) is 32.6 Å². The Bertz CT molecular complexity index is 758. The van der Waals surface area contributed by atoms with Crippen LogP contribution in [-0.4, -0.2) is 46.5 Å². The van der Waals surface area contributed by atoms with E-state index in [4.69, 9.17) is 4.74 Å². The van der Waals surface area contributed by atoms with Gasteiger partial charge in [-0.15, -0.1) is 0 Å². The van der Waals surface area contributed by atoms with Crippen LogP contribution >= 0.6 is 15.9 Å². The molecule has 1 aliphatic rings. The van der Waals surface area contributed by atoms with Gasteiger partial charge in [0.2, 0.25) is 10.0 Å². The zero-order valence-corrected chi connectivity index (χ0v) is 14.1. The van der Waals surface area contributed by atoms with E-state index < -0.39 is 39.7 Å². The minimum atomic E-state index is -3.47. The van der Waals surface area contributed by atoms with Crippen LogP contribution in [0, 0.1) is 6.92 Å². The number of sulfonamides is 1. The molecule has 0 aromatic carbocycles. The SMILES string of the molecule is Cc1cn([C@H]2C[C@H](O)[C@@H](CNS(=O)(=O)CBr)O2)c(=O)[nH]c1=O. The van der Waals surface area contributed by atoms with Crippen molar-refractivity contribution in [3.8, 4) is 0 Å². The Morgan fingerprint density at radius 2 is 2.23 bits per heavy atom. The molecule has 2 heterocycles. The third kappa shape index (κ3) is 3.84. The molecule has 0 unspecified atom stereocenters. The van der Waals surface area contributed by atoms with Crippen LogP contribution in [-0.2, 0) is 14.8 Å². The normalized spacial score (nSPS) is 25.5. The first-order valence-electron chi connectivity index (χ1n) is 6.42. The Labute approximate surface area is 134 Å². The summed E-state index contributed by atoms with van der Waals surface area (Å²) in [5.74, 6) is 0. The highest BCUT2D eigenvalue weighted by atomic mass is 79.9. The molecule has 2 rings (SSSR count). The second-order valence-corrected chi connectivity index (χ2v) is 8.09. The van der Waals surface area contributed by atoms with E-state index in [0.29, 0.717) is 5.56 Å². The van der Waals surface area contributed by atoms with Gasteiger partial charge in [0, 0.05) is 24.7 Å². The van der Waals surface area contributed by atoms with E-state index in [0.717, 1.165) is 0 Å². The minimum Gasteiger partial charge on any atom is -0.390 e. The molecule has 124 valence electrons. The van der Waals surface area contributed by atoms with Crippen LogP contribution in [0.5, 0.6) is 0 Å². The van der Waals surface area contributed by atoms with Gasteiger partial charge in [-0.2, -0.15) is 0 Å². The van der Waals surface area contributed by atoms with Crippen molar-refractivity contribution in [1.82, 2.24) is 14.3 Å². The van der Waals surface area contributed by atoms with Crippen LogP contribution in [0.4, 0.5) is 0 Å². The maximum atomic E-state index is 11.8. The van der Waals surface area contributed by atoms with Gasteiger partial charge in [0.05, 0.1) is 12.2 Å². The number of aliphatic hydroxyl groups excluding tert-OH is 1. The number of hydrogen-bond donors (Lipinski definition) is 3. The number of aliphatic hydroxyl groups is 1. The fraction of sp³-hybridized carbons (Fsp3) is 0.636. The zero-order valence-electron chi connectivity index (χ0n) is 11.7. The van der Waals surface area contributed by atoms with Crippen molar-refractivity contribution in [2.24, 2.45) is 0 Å². The lowest BCUT2D eigenvalue weighted by Gasteiger charge is -2.16. The monoisotopic (exact) mass is 397 g/mol. The van der Waals surface area contributed by atoms with Crippen LogP contribution in [0.2, 0.25) is 0 Å². The number of ether oxygens (including phenoxy) is 1. The lowest BCUT2D eigenvalue weighted by Crippen LogP contribution is -2.37. The van der Waals surface area contributed by atoms with Crippen molar-refractivity contribution in [1.29, 1.82) is 0 Å². The van der Waals surface area contributed by atoms with Crippen LogP contribution in [0.3, 0.4) is 0 Å². The summed E-state index contributed by atoms with van der Waals surface area (Å²) in [4.78, 5) is 25.3. The van der Waals surface area contributed by atoms with Crippen LogP contribution in [0.15, 0.2) is 15.8 Å². The Balaban J connectivity index is 2.13. The molecular formula is C11H16BrN3O6S. The predicted molar refractivity (Wildman–Crippen MR) is 81.3 cm³/mol. The number of nitrogens with zero attached hydrogens (tertiary/aromatic N) is 1. The van der Waals surface area contributed by atoms with Crippen molar-refractivity contribution in [3.63, 3.8) is 0 Å². The van der Waals surface area contributed by atoms with Gasteiger partial charge in [0.1, 0.15) is 10.9 Å². The first kappa shape index (κ1) is 17.3. The Hall–Kier alpha value is -1.01. The highest BCUT2D eigenvalue weighted by Crippen LogP contribution is 2.27. The summed E-state index contributed by atoms with van der Waals surface area (Å²) >= 11 is 2.84. The number of aromatic amines is 1. The summed E-state index contributed by atoms with van der Waals surface area (Å²) < 4.78 is 31.4. The van der Waals surface area contributed by atoms with Crippen molar-refractivity contribution in [2.75, 3.05) is 11.2 Å². The molecule has 1 aromatic heterocycles. The Morgan fingerprint density at radius 3 is 2.86 bits per heavy atom. The number of halogens is 1. The summed E-state index contributed by atoms with van der Waals surface area (Å²) in [6.45, 7) is 1.43. The second-order valence-electron chi connectivity index (χ2n) is 4.98. The average Bonchev–Trinajstić information content (AvgIpc) is 2.82. The van der Waals surface area contributed by atoms with Gasteiger partial charge in [0.25, 0.3) is 5.56 Å². The molecule has 0 spiro atoms. The molecule has 3 N–H and O–H groups in total. The lowest BCUT2D eigenvalue weighted by molar-refractivity contribution is -0.0169. The van der Waals surface area contributed by atoms with Gasteiger partial charge >= 0.3 is 5.69 Å². The number of nitrogens with one attached hydrogen (secondary N) is 2. The second kappa shape index (κ2) is 6.62. The van der Waals surface area contributed by atoms with Gasteiger partial charge in [0.15, 0.2) is 0 Å². The molecular weight excluding hydrogens is 382 g/mol. The summed E-state index contributed by atoms with van der Waals surface area (Å²) in [5, 5.41) is 9.95. The molecule has 0 amide bonds. The lowest BCUT2D eigenvalue weighted by atomic mass is 10.2. The quantitative estimate of drug-likeness (QED) is 0.533. The largest absolute Gasteiger partial charge is 0.390 e. The van der Waals surface area contributed by atoms with E-state index in [-0.39, 0.29) is 17.6 Å². The van der Waals surface area contributed by atoms with Gasteiger partial charge in [-0.3, -0.25) is 14.3 Å². The number of alkyl halides is 1. The number of aryl methyl sites for hydroxylation is 1. The maximum Gasteiger partial charge on any atom is 0.330 e. The Kier molecular flexibility index (Phi) is 5.22. The molecule has 22 heavy (non-hydrogen) atoms. The Morgan fingerprint density at radius 1 is 1.55 bits per heavy atom. The highest BCUT2D eigenvalue weighted by Gasteiger charge is 2.36. The molecule has 11 heteroatoms. The molecule has 1 aromatic rings. The van der Waals surface area contributed by atoms with Gasteiger partial charge in [-0.05, 0) is 6.92 Å².